The number of benzene rings is 1. The molecule has 8 heteroatoms. The number of aliphatic hydroxyl groups is 1. The molecule has 1 amide bonds. The lowest BCUT2D eigenvalue weighted by molar-refractivity contribution is 0.0734. The summed E-state index contributed by atoms with van der Waals surface area (Å²) in [5.74, 6) is 1.36. The van der Waals surface area contributed by atoms with E-state index in [-0.39, 0.29) is 12.6 Å². The Morgan fingerprint density at radius 1 is 1.23 bits per heavy atom. The maximum Gasteiger partial charge on any atom is 0.415 e. The van der Waals surface area contributed by atoms with E-state index in [0.717, 1.165) is 42.5 Å². The molecule has 0 radical (unpaired) electrons. The topological polar surface area (TPSA) is 87.2 Å². The number of hydrogen-bond donors (Lipinski definition) is 2. The molecule has 1 aromatic heterocycles. The number of nitrogens with one attached hydrogen (secondary N) is 1. The molecule has 4 aliphatic rings. The molecule has 31 heavy (non-hydrogen) atoms. The van der Waals surface area contributed by atoms with E-state index < -0.39 is 12.2 Å². The van der Waals surface area contributed by atoms with E-state index in [1.165, 1.54) is 12.8 Å². The fourth-order valence-electron chi connectivity index (χ4n) is 5.35. The number of cyclic esters (lactones) is 1. The van der Waals surface area contributed by atoms with Crippen LogP contribution in [0.4, 0.5) is 16.2 Å². The van der Waals surface area contributed by atoms with Gasteiger partial charge in [-0.1, -0.05) is 6.07 Å². The van der Waals surface area contributed by atoms with Crippen LogP contribution in [0.3, 0.4) is 0 Å². The summed E-state index contributed by atoms with van der Waals surface area (Å²) in [6.45, 7) is 3.34. The van der Waals surface area contributed by atoms with Crippen LogP contribution >= 0.6 is 0 Å². The number of piperidine rings is 1. The van der Waals surface area contributed by atoms with Gasteiger partial charge in [0.15, 0.2) is 6.10 Å². The Hall–Kier alpha value is -2.84. The predicted molar refractivity (Wildman–Crippen MR) is 116 cm³/mol. The van der Waals surface area contributed by atoms with Gasteiger partial charge in [0.1, 0.15) is 18.4 Å². The molecule has 0 aliphatic carbocycles. The fourth-order valence-corrected chi connectivity index (χ4v) is 5.35. The van der Waals surface area contributed by atoms with E-state index in [1.54, 1.807) is 4.90 Å². The third kappa shape index (κ3) is 3.13. The molecule has 8 nitrogen and oxygen atoms in total. The zero-order valence-electron chi connectivity index (χ0n) is 17.2. The van der Waals surface area contributed by atoms with Crippen LogP contribution in [0.2, 0.25) is 0 Å². The number of anilines is 2. The summed E-state index contributed by atoms with van der Waals surface area (Å²) in [5, 5.41) is 13.1. The number of ether oxygens (including phenoxy) is 2. The molecule has 162 valence electrons. The van der Waals surface area contributed by atoms with E-state index in [0.29, 0.717) is 24.1 Å². The number of pyridine rings is 1. The Labute approximate surface area is 180 Å². The fraction of sp³-hybridized carbons (Fsp3) is 0.478. The molecule has 4 aliphatic heterocycles. The summed E-state index contributed by atoms with van der Waals surface area (Å²) in [5.41, 5.74) is 3.63. The van der Waals surface area contributed by atoms with Crippen LogP contribution < -0.4 is 19.9 Å². The number of aromatic nitrogens is 1. The molecule has 0 saturated carbocycles. The van der Waals surface area contributed by atoms with Gasteiger partial charge in [0.2, 0.25) is 0 Å². The number of nitrogens with zero attached hydrogens (tertiary/aromatic N) is 3. The average molecular weight is 422 g/mol. The number of aliphatic hydroxyl groups excluding tert-OH is 1. The van der Waals surface area contributed by atoms with Crippen molar-refractivity contribution in [2.75, 3.05) is 42.6 Å². The Balaban J connectivity index is 1.22. The molecule has 6 rings (SSSR count). The van der Waals surface area contributed by atoms with E-state index in [2.05, 4.69) is 16.3 Å². The monoisotopic (exact) mass is 422 g/mol. The Morgan fingerprint density at radius 3 is 2.97 bits per heavy atom. The molecule has 2 aromatic rings. The minimum Gasteiger partial charge on any atom is -0.489 e. The van der Waals surface area contributed by atoms with Gasteiger partial charge in [-0.2, -0.15) is 0 Å². The molecule has 0 spiro atoms. The van der Waals surface area contributed by atoms with Crippen LogP contribution in [-0.4, -0.2) is 67.2 Å². The van der Waals surface area contributed by atoms with Crippen molar-refractivity contribution in [2.45, 2.75) is 31.0 Å². The third-order valence-corrected chi connectivity index (χ3v) is 7.03. The SMILES string of the molecule is O=C1OC(CO)C2COc3cc(-c4ccc(N5CC6CCCNC6C5)cn4)ccc3N12. The van der Waals surface area contributed by atoms with Gasteiger partial charge in [-0.3, -0.25) is 9.88 Å². The Kier molecular flexibility index (Phi) is 4.50. The van der Waals surface area contributed by atoms with Gasteiger partial charge in [-0.05, 0) is 49.6 Å². The van der Waals surface area contributed by atoms with Crippen LogP contribution in [0.5, 0.6) is 5.75 Å². The molecule has 4 unspecified atom stereocenters. The van der Waals surface area contributed by atoms with Gasteiger partial charge in [0.25, 0.3) is 0 Å². The average Bonchev–Trinajstić information content (AvgIpc) is 3.40. The summed E-state index contributed by atoms with van der Waals surface area (Å²) in [4.78, 5) is 21.0. The van der Waals surface area contributed by atoms with E-state index in [9.17, 15) is 9.90 Å². The lowest BCUT2D eigenvalue weighted by Gasteiger charge is -2.31. The molecule has 1 aromatic carbocycles. The molecule has 5 heterocycles. The summed E-state index contributed by atoms with van der Waals surface area (Å²) in [7, 11) is 0. The molecule has 3 saturated heterocycles. The van der Waals surface area contributed by atoms with Crippen molar-refractivity contribution >= 4 is 17.5 Å². The lowest BCUT2D eigenvalue weighted by atomic mass is 9.94. The first-order chi connectivity index (χ1) is 15.2. The van der Waals surface area contributed by atoms with Crippen LogP contribution in [0, 0.1) is 5.92 Å². The van der Waals surface area contributed by atoms with Gasteiger partial charge in [0.05, 0.1) is 29.9 Å². The normalized spacial score (nSPS) is 29.1. The molecule has 0 bridgehead atoms. The van der Waals surface area contributed by atoms with Crippen molar-refractivity contribution in [1.82, 2.24) is 10.3 Å². The second kappa shape index (κ2) is 7.39. The molecular weight excluding hydrogens is 396 g/mol. The number of rotatable bonds is 3. The van der Waals surface area contributed by atoms with Gasteiger partial charge in [-0.25, -0.2) is 4.79 Å². The first-order valence-corrected chi connectivity index (χ1v) is 11.0. The van der Waals surface area contributed by atoms with Crippen molar-refractivity contribution < 1.29 is 19.4 Å². The first kappa shape index (κ1) is 18.9. The van der Waals surface area contributed by atoms with Crippen LogP contribution in [0.1, 0.15) is 12.8 Å². The van der Waals surface area contributed by atoms with Gasteiger partial charge in [0, 0.05) is 24.7 Å². The second-order valence-corrected chi connectivity index (χ2v) is 8.81. The largest absolute Gasteiger partial charge is 0.489 e. The van der Waals surface area contributed by atoms with Crippen molar-refractivity contribution in [1.29, 1.82) is 0 Å². The summed E-state index contributed by atoms with van der Waals surface area (Å²) >= 11 is 0. The molecular formula is C23H26N4O4. The van der Waals surface area contributed by atoms with Crippen LogP contribution in [-0.2, 0) is 4.74 Å². The number of hydrogen-bond acceptors (Lipinski definition) is 7. The minimum atomic E-state index is -0.556. The predicted octanol–water partition coefficient (Wildman–Crippen LogP) is 2.02. The van der Waals surface area contributed by atoms with Crippen molar-refractivity contribution in [3.63, 3.8) is 0 Å². The summed E-state index contributed by atoms with van der Waals surface area (Å²) in [6, 6.07) is 10.2. The van der Waals surface area contributed by atoms with E-state index in [4.69, 9.17) is 14.5 Å². The zero-order valence-corrected chi connectivity index (χ0v) is 17.2. The number of amides is 1. The summed E-state index contributed by atoms with van der Waals surface area (Å²) < 4.78 is 11.2. The van der Waals surface area contributed by atoms with Crippen molar-refractivity contribution in [3.8, 4) is 17.0 Å². The second-order valence-electron chi connectivity index (χ2n) is 8.81. The van der Waals surface area contributed by atoms with Crippen molar-refractivity contribution in [3.05, 3.63) is 36.5 Å². The van der Waals surface area contributed by atoms with E-state index in [1.807, 2.05) is 30.5 Å². The number of carbonyl (C=O) groups is 1. The maximum atomic E-state index is 12.3. The van der Waals surface area contributed by atoms with E-state index >= 15 is 0 Å². The van der Waals surface area contributed by atoms with Crippen molar-refractivity contribution in [2.24, 2.45) is 5.92 Å². The molecule has 2 N–H and O–H groups in total. The smallest absolute Gasteiger partial charge is 0.415 e. The highest BCUT2D eigenvalue weighted by atomic mass is 16.6. The quantitative estimate of drug-likeness (QED) is 0.783. The highest BCUT2D eigenvalue weighted by Crippen LogP contribution is 2.41. The van der Waals surface area contributed by atoms with Gasteiger partial charge >= 0.3 is 6.09 Å². The highest BCUT2D eigenvalue weighted by molar-refractivity contribution is 5.94. The van der Waals surface area contributed by atoms with Gasteiger partial charge < -0.3 is 24.8 Å². The van der Waals surface area contributed by atoms with Crippen LogP contribution in [0.25, 0.3) is 11.3 Å². The lowest BCUT2D eigenvalue weighted by Crippen LogP contribution is -2.45. The Morgan fingerprint density at radius 2 is 2.16 bits per heavy atom. The number of fused-ring (bicyclic) bond motifs is 4. The first-order valence-electron chi connectivity index (χ1n) is 11.0. The minimum absolute atomic E-state index is 0.214. The Bertz CT molecular complexity index is 984. The summed E-state index contributed by atoms with van der Waals surface area (Å²) in [6.07, 6.45) is 3.53. The van der Waals surface area contributed by atoms with Gasteiger partial charge in [-0.15, -0.1) is 0 Å². The zero-order chi connectivity index (χ0) is 20.9. The van der Waals surface area contributed by atoms with Crippen LogP contribution in [0.15, 0.2) is 36.5 Å². The maximum absolute atomic E-state index is 12.3. The third-order valence-electron chi connectivity index (χ3n) is 7.03. The highest BCUT2D eigenvalue weighted by Gasteiger charge is 2.46. The number of carbonyl (C=O) groups excluding carboxylic acids is 1. The molecule has 4 atom stereocenters. The standard InChI is InChI=1S/C23H26N4O4/c28-12-22-20-13-30-21-8-14(3-6-19(21)27(20)23(29)31-22)17-5-4-16(9-25-17)26-10-15-2-1-7-24-18(15)11-26/h3-6,8-9,15,18,20,22,24,28H,1-2,7,10-13H2. The molecule has 3 fully saturated rings.